The highest BCUT2D eigenvalue weighted by molar-refractivity contribution is 6.30. The van der Waals surface area contributed by atoms with E-state index in [0.29, 0.717) is 23.6 Å². The van der Waals surface area contributed by atoms with Crippen LogP contribution in [0.4, 0.5) is 4.79 Å². The minimum atomic E-state index is -0.367. The SMILES string of the molecule is CCCNC(=O)N1[C@H]2CC[C@@H]1C(C(=O)OC)=C(c1cccc(Cl)c1)C2. The summed E-state index contributed by atoms with van der Waals surface area (Å²) in [5.74, 6) is -0.367. The second-order valence-electron chi connectivity index (χ2n) is 6.48. The first kappa shape index (κ1) is 17.8. The molecule has 0 aliphatic carbocycles. The van der Waals surface area contributed by atoms with Gasteiger partial charge in [-0.15, -0.1) is 0 Å². The van der Waals surface area contributed by atoms with E-state index in [0.717, 1.165) is 30.4 Å². The number of nitrogens with one attached hydrogen (secondary N) is 1. The molecule has 2 bridgehead atoms. The average molecular weight is 363 g/mol. The Hall–Kier alpha value is -2.01. The molecule has 0 unspecified atom stereocenters. The van der Waals surface area contributed by atoms with Gasteiger partial charge in [0, 0.05) is 17.6 Å². The second-order valence-corrected chi connectivity index (χ2v) is 6.92. The molecule has 2 aliphatic heterocycles. The summed E-state index contributed by atoms with van der Waals surface area (Å²) < 4.78 is 5.04. The Labute approximate surface area is 153 Å². The van der Waals surface area contributed by atoms with Gasteiger partial charge >= 0.3 is 12.0 Å². The number of methoxy groups -OCH3 is 1. The normalized spacial score (nSPS) is 22.1. The first-order valence-electron chi connectivity index (χ1n) is 8.70. The lowest BCUT2D eigenvalue weighted by atomic mass is 9.88. The van der Waals surface area contributed by atoms with Crippen molar-refractivity contribution in [2.24, 2.45) is 0 Å². The molecule has 2 amide bonds. The Bertz CT molecular complexity index is 716. The number of carbonyl (C=O) groups is 2. The highest BCUT2D eigenvalue weighted by atomic mass is 35.5. The summed E-state index contributed by atoms with van der Waals surface area (Å²) in [6.07, 6.45) is 3.18. The summed E-state index contributed by atoms with van der Waals surface area (Å²) >= 11 is 6.14. The van der Waals surface area contributed by atoms with Gasteiger partial charge in [-0.2, -0.15) is 0 Å². The van der Waals surface area contributed by atoms with Crippen LogP contribution in [-0.2, 0) is 9.53 Å². The molecule has 2 aliphatic rings. The van der Waals surface area contributed by atoms with Gasteiger partial charge in [0.1, 0.15) is 0 Å². The summed E-state index contributed by atoms with van der Waals surface area (Å²) in [6.45, 7) is 2.65. The van der Waals surface area contributed by atoms with Gasteiger partial charge < -0.3 is 15.0 Å². The second kappa shape index (κ2) is 7.48. The zero-order valence-corrected chi connectivity index (χ0v) is 15.3. The van der Waals surface area contributed by atoms with Crippen molar-refractivity contribution in [3.63, 3.8) is 0 Å². The molecule has 6 heteroatoms. The van der Waals surface area contributed by atoms with Gasteiger partial charge in [-0.3, -0.25) is 0 Å². The van der Waals surface area contributed by atoms with Crippen LogP contribution < -0.4 is 5.32 Å². The molecule has 2 heterocycles. The zero-order chi connectivity index (χ0) is 18.0. The van der Waals surface area contributed by atoms with Gasteiger partial charge in [0.2, 0.25) is 0 Å². The van der Waals surface area contributed by atoms with Crippen molar-refractivity contribution in [2.45, 2.75) is 44.7 Å². The molecule has 0 aromatic heterocycles. The van der Waals surface area contributed by atoms with Crippen LogP contribution in [0.3, 0.4) is 0 Å². The van der Waals surface area contributed by atoms with E-state index in [9.17, 15) is 9.59 Å². The summed E-state index contributed by atoms with van der Waals surface area (Å²) in [6, 6.07) is 7.28. The van der Waals surface area contributed by atoms with Crippen molar-refractivity contribution in [1.29, 1.82) is 0 Å². The maximum Gasteiger partial charge on any atom is 0.336 e. The molecular formula is C19H23ClN2O3. The van der Waals surface area contributed by atoms with Crippen molar-refractivity contribution >= 4 is 29.2 Å². The zero-order valence-electron chi connectivity index (χ0n) is 14.5. The molecule has 0 spiro atoms. The quantitative estimate of drug-likeness (QED) is 0.832. The Balaban J connectivity index is 2.01. The lowest BCUT2D eigenvalue weighted by Crippen LogP contribution is -2.51. The minimum Gasteiger partial charge on any atom is -0.466 e. The molecule has 1 aromatic carbocycles. The van der Waals surface area contributed by atoms with Crippen LogP contribution in [0.25, 0.3) is 5.57 Å². The van der Waals surface area contributed by atoms with E-state index in [1.807, 2.05) is 36.1 Å². The third-order valence-corrected chi connectivity index (χ3v) is 5.17. The van der Waals surface area contributed by atoms with Crippen molar-refractivity contribution in [3.05, 3.63) is 40.4 Å². The number of amides is 2. The van der Waals surface area contributed by atoms with Crippen LogP contribution >= 0.6 is 11.6 Å². The summed E-state index contributed by atoms with van der Waals surface area (Å²) in [7, 11) is 1.38. The smallest absolute Gasteiger partial charge is 0.336 e. The Morgan fingerprint density at radius 3 is 2.84 bits per heavy atom. The first-order chi connectivity index (χ1) is 12.1. The number of benzene rings is 1. The van der Waals surface area contributed by atoms with Crippen LogP contribution in [0, 0.1) is 0 Å². The molecule has 5 nitrogen and oxygen atoms in total. The molecule has 1 fully saturated rings. The number of hydrogen-bond acceptors (Lipinski definition) is 3. The van der Waals surface area contributed by atoms with Crippen LogP contribution in [0.5, 0.6) is 0 Å². The lowest BCUT2D eigenvalue weighted by Gasteiger charge is -2.37. The highest BCUT2D eigenvalue weighted by Crippen LogP contribution is 2.43. The maximum absolute atomic E-state index is 12.6. The lowest BCUT2D eigenvalue weighted by molar-refractivity contribution is -0.136. The fourth-order valence-corrected chi connectivity index (χ4v) is 4.05. The van der Waals surface area contributed by atoms with E-state index < -0.39 is 0 Å². The fraction of sp³-hybridized carbons (Fsp3) is 0.474. The van der Waals surface area contributed by atoms with Crippen LogP contribution in [-0.4, -0.2) is 42.6 Å². The Morgan fingerprint density at radius 1 is 1.36 bits per heavy atom. The predicted molar refractivity (Wildman–Crippen MR) is 97.3 cm³/mol. The topological polar surface area (TPSA) is 58.6 Å². The summed E-state index contributed by atoms with van der Waals surface area (Å²) in [5.41, 5.74) is 2.46. The molecule has 25 heavy (non-hydrogen) atoms. The standard InChI is InChI=1S/C19H23ClN2O3/c1-3-9-21-19(24)22-14-7-8-16(22)17(18(23)25-2)15(11-14)12-5-4-6-13(20)10-12/h4-6,10,14,16H,3,7-9,11H2,1-2H3,(H,21,24)/t14-,16+/m0/s1. The average Bonchev–Trinajstić information content (AvgIpc) is 2.92. The molecule has 2 atom stereocenters. The number of carbonyl (C=O) groups excluding carboxylic acids is 2. The predicted octanol–water partition coefficient (Wildman–Crippen LogP) is 3.62. The van der Waals surface area contributed by atoms with E-state index >= 15 is 0 Å². The van der Waals surface area contributed by atoms with Crippen LogP contribution in [0.1, 0.15) is 38.2 Å². The monoisotopic (exact) mass is 362 g/mol. The maximum atomic E-state index is 12.6. The van der Waals surface area contributed by atoms with Crippen molar-refractivity contribution in [1.82, 2.24) is 10.2 Å². The molecule has 134 valence electrons. The number of rotatable bonds is 4. The Kier molecular flexibility index (Phi) is 5.33. The molecule has 1 N–H and O–H groups in total. The number of ether oxygens (including phenoxy) is 1. The number of esters is 1. The van der Waals surface area contributed by atoms with Gasteiger partial charge in [-0.1, -0.05) is 30.7 Å². The number of urea groups is 1. The van der Waals surface area contributed by atoms with Gasteiger partial charge in [-0.05, 0) is 49.0 Å². The third kappa shape index (κ3) is 3.38. The molecular weight excluding hydrogens is 340 g/mol. The van der Waals surface area contributed by atoms with E-state index in [1.54, 1.807) is 0 Å². The molecule has 0 saturated carbocycles. The molecule has 3 rings (SSSR count). The van der Waals surface area contributed by atoms with Crippen LogP contribution in [0.15, 0.2) is 29.8 Å². The van der Waals surface area contributed by atoms with E-state index in [1.165, 1.54) is 7.11 Å². The van der Waals surface area contributed by atoms with E-state index in [2.05, 4.69) is 5.32 Å². The van der Waals surface area contributed by atoms with E-state index in [4.69, 9.17) is 16.3 Å². The van der Waals surface area contributed by atoms with Crippen molar-refractivity contribution in [3.8, 4) is 0 Å². The molecule has 1 saturated heterocycles. The third-order valence-electron chi connectivity index (χ3n) is 4.94. The summed E-state index contributed by atoms with van der Waals surface area (Å²) in [4.78, 5) is 27.0. The minimum absolute atomic E-state index is 0.0964. The summed E-state index contributed by atoms with van der Waals surface area (Å²) in [5, 5.41) is 3.56. The first-order valence-corrected chi connectivity index (χ1v) is 9.08. The number of fused-ring (bicyclic) bond motifs is 2. The van der Waals surface area contributed by atoms with Crippen molar-refractivity contribution < 1.29 is 14.3 Å². The number of hydrogen-bond donors (Lipinski definition) is 1. The van der Waals surface area contributed by atoms with Crippen LogP contribution in [0.2, 0.25) is 5.02 Å². The van der Waals surface area contributed by atoms with Gasteiger partial charge in [0.05, 0.1) is 18.7 Å². The number of nitrogens with zero attached hydrogens (tertiary/aromatic N) is 1. The fourth-order valence-electron chi connectivity index (χ4n) is 3.86. The van der Waals surface area contributed by atoms with Gasteiger partial charge in [-0.25, -0.2) is 9.59 Å². The highest BCUT2D eigenvalue weighted by Gasteiger charge is 2.46. The number of halogens is 1. The Morgan fingerprint density at radius 2 is 2.16 bits per heavy atom. The van der Waals surface area contributed by atoms with Gasteiger partial charge in [0.25, 0.3) is 0 Å². The largest absolute Gasteiger partial charge is 0.466 e. The van der Waals surface area contributed by atoms with Gasteiger partial charge in [0.15, 0.2) is 0 Å². The van der Waals surface area contributed by atoms with Crippen molar-refractivity contribution in [2.75, 3.05) is 13.7 Å². The molecule has 0 radical (unpaired) electrons. The molecule has 1 aromatic rings. The van der Waals surface area contributed by atoms with E-state index in [-0.39, 0.29) is 24.1 Å².